The Hall–Kier alpha value is -3.54. The van der Waals surface area contributed by atoms with Crippen LogP contribution < -0.4 is 0 Å². The number of nitro groups is 2. The van der Waals surface area contributed by atoms with E-state index in [1.807, 2.05) is 0 Å². The molecule has 1 aliphatic heterocycles. The van der Waals surface area contributed by atoms with Crippen molar-refractivity contribution in [3.05, 3.63) is 93.6 Å². The molecule has 0 fully saturated rings. The normalized spacial score (nSPS) is 16.4. The van der Waals surface area contributed by atoms with Crippen molar-refractivity contribution in [3.8, 4) is 0 Å². The van der Waals surface area contributed by atoms with E-state index < -0.39 is 69.4 Å². The Labute approximate surface area is 257 Å². The molecule has 3 rings (SSSR count). The van der Waals surface area contributed by atoms with Gasteiger partial charge in [-0.05, 0) is 45.2 Å². The molecule has 0 amide bonds. The van der Waals surface area contributed by atoms with Crippen LogP contribution in [0.25, 0.3) is 0 Å². The van der Waals surface area contributed by atoms with Crippen LogP contribution in [0.15, 0.2) is 83.1 Å². The SMILES string of the molecule is C=CC(C[C@H]1C=CCN1S(=O)(=O)c1ccccc1[N+](=O)[O-])N(CCCC(OCC)OCC)S(=O)(=O)c1ccccc1[N+](=O)[O-]. The van der Waals surface area contributed by atoms with Crippen molar-refractivity contribution < 1.29 is 36.2 Å². The monoisotopic (exact) mass is 652 g/mol. The molecule has 1 unspecified atom stereocenters. The fourth-order valence-electron chi connectivity index (χ4n) is 4.97. The standard InChI is InChI=1S/C28H36N4O10S2/c1-4-22(21-23-13-11-19-30(23)44(39,40)27-17-10-8-15-25(27)32(35)36)29(20-12-18-28(41-5-2)42-6-3)43(37,38)26-16-9-7-14-24(26)31(33)34/h4,7-11,13-17,22-23,28H,1,5-6,12,18-21H2,2-3H3/t22?,23-/m1/s1. The van der Waals surface area contributed by atoms with Crippen LogP contribution in [0.2, 0.25) is 0 Å². The molecule has 0 saturated carbocycles. The van der Waals surface area contributed by atoms with E-state index >= 15 is 0 Å². The van der Waals surface area contributed by atoms with E-state index in [1.54, 1.807) is 26.0 Å². The Morgan fingerprint density at radius 3 is 2.07 bits per heavy atom. The van der Waals surface area contributed by atoms with E-state index in [4.69, 9.17) is 9.47 Å². The van der Waals surface area contributed by atoms with Gasteiger partial charge in [-0.2, -0.15) is 8.61 Å². The van der Waals surface area contributed by atoms with Crippen molar-refractivity contribution >= 4 is 31.4 Å². The van der Waals surface area contributed by atoms with Gasteiger partial charge in [-0.25, -0.2) is 16.8 Å². The number of benzene rings is 2. The predicted octanol–water partition coefficient (Wildman–Crippen LogP) is 4.25. The van der Waals surface area contributed by atoms with Gasteiger partial charge < -0.3 is 9.47 Å². The van der Waals surface area contributed by atoms with Gasteiger partial charge in [0.15, 0.2) is 16.1 Å². The van der Waals surface area contributed by atoms with Crippen molar-refractivity contribution in [2.24, 2.45) is 0 Å². The molecule has 0 saturated heterocycles. The zero-order chi connectivity index (χ0) is 32.5. The molecule has 0 aliphatic carbocycles. The van der Waals surface area contributed by atoms with E-state index in [9.17, 15) is 37.1 Å². The molecule has 16 heteroatoms. The van der Waals surface area contributed by atoms with E-state index in [1.165, 1.54) is 30.3 Å². The molecule has 1 heterocycles. The van der Waals surface area contributed by atoms with Crippen LogP contribution in [0.3, 0.4) is 0 Å². The van der Waals surface area contributed by atoms with Gasteiger partial charge in [-0.15, -0.1) is 6.58 Å². The van der Waals surface area contributed by atoms with Gasteiger partial charge >= 0.3 is 0 Å². The maximum Gasteiger partial charge on any atom is 0.289 e. The van der Waals surface area contributed by atoms with E-state index in [-0.39, 0.29) is 25.9 Å². The first-order chi connectivity index (χ1) is 20.9. The van der Waals surface area contributed by atoms with Gasteiger partial charge in [0.05, 0.1) is 9.85 Å². The summed E-state index contributed by atoms with van der Waals surface area (Å²) in [7, 11) is -8.90. The Morgan fingerprint density at radius 1 is 0.977 bits per heavy atom. The second-order valence-electron chi connectivity index (χ2n) is 9.66. The molecule has 44 heavy (non-hydrogen) atoms. The lowest BCUT2D eigenvalue weighted by Gasteiger charge is -2.33. The topological polar surface area (TPSA) is 179 Å². The second-order valence-corrected chi connectivity index (χ2v) is 13.4. The van der Waals surface area contributed by atoms with Gasteiger partial charge in [0.1, 0.15) is 0 Å². The largest absolute Gasteiger partial charge is 0.353 e. The first-order valence-electron chi connectivity index (χ1n) is 13.9. The lowest BCUT2D eigenvalue weighted by molar-refractivity contribution is -0.388. The van der Waals surface area contributed by atoms with E-state index in [0.29, 0.717) is 19.6 Å². The fraction of sp³-hybridized carbons (Fsp3) is 0.429. The number of rotatable bonds is 18. The minimum Gasteiger partial charge on any atom is -0.353 e. The summed E-state index contributed by atoms with van der Waals surface area (Å²) in [6.45, 7) is 7.93. The maximum atomic E-state index is 14.1. The molecular weight excluding hydrogens is 616 g/mol. The average Bonchev–Trinajstić information content (AvgIpc) is 3.47. The quantitative estimate of drug-likeness (QED) is 0.0978. The molecule has 240 valence electrons. The number of nitrogens with zero attached hydrogens (tertiary/aromatic N) is 4. The lowest BCUT2D eigenvalue weighted by Crippen LogP contribution is -2.45. The third-order valence-electron chi connectivity index (χ3n) is 6.96. The molecule has 2 aromatic carbocycles. The van der Waals surface area contributed by atoms with Crippen LogP contribution in [-0.2, 0) is 29.5 Å². The van der Waals surface area contributed by atoms with E-state index in [0.717, 1.165) is 32.9 Å². The molecule has 2 aromatic rings. The molecule has 1 aliphatic rings. The van der Waals surface area contributed by atoms with Crippen LogP contribution in [0.4, 0.5) is 11.4 Å². The first-order valence-corrected chi connectivity index (χ1v) is 16.8. The van der Waals surface area contributed by atoms with Crippen molar-refractivity contribution in [2.45, 2.75) is 61.3 Å². The summed E-state index contributed by atoms with van der Waals surface area (Å²) >= 11 is 0. The second kappa shape index (κ2) is 15.5. The van der Waals surface area contributed by atoms with Crippen molar-refractivity contribution in [1.29, 1.82) is 0 Å². The highest BCUT2D eigenvalue weighted by Gasteiger charge is 2.40. The summed E-state index contributed by atoms with van der Waals surface area (Å²) in [5.74, 6) is 0. The average molecular weight is 653 g/mol. The highest BCUT2D eigenvalue weighted by atomic mass is 32.2. The van der Waals surface area contributed by atoms with Gasteiger partial charge in [-0.1, -0.05) is 42.5 Å². The van der Waals surface area contributed by atoms with Gasteiger partial charge in [0, 0.05) is 50.5 Å². The summed E-state index contributed by atoms with van der Waals surface area (Å²) in [6, 6.07) is 8.03. The van der Waals surface area contributed by atoms with Gasteiger partial charge in [0.25, 0.3) is 21.4 Å². The van der Waals surface area contributed by atoms with Gasteiger partial charge in [0.2, 0.25) is 10.0 Å². The van der Waals surface area contributed by atoms with Crippen LogP contribution in [0, 0.1) is 20.2 Å². The third kappa shape index (κ3) is 7.94. The van der Waals surface area contributed by atoms with Crippen molar-refractivity contribution in [2.75, 3.05) is 26.3 Å². The minimum atomic E-state index is -4.52. The summed E-state index contributed by atoms with van der Waals surface area (Å²) in [5.41, 5.74) is -1.19. The number of para-hydroxylation sites is 2. The number of sulfonamides is 2. The summed E-state index contributed by atoms with van der Waals surface area (Å²) in [6.07, 6.45) is 4.36. The van der Waals surface area contributed by atoms with E-state index in [2.05, 4.69) is 6.58 Å². The molecule has 0 aromatic heterocycles. The van der Waals surface area contributed by atoms with Gasteiger partial charge in [-0.3, -0.25) is 20.2 Å². The summed E-state index contributed by atoms with van der Waals surface area (Å²) in [4.78, 5) is 20.8. The number of nitro benzene ring substituents is 2. The molecule has 2 atom stereocenters. The number of ether oxygens (including phenoxy) is 2. The van der Waals surface area contributed by atoms with Crippen molar-refractivity contribution in [1.82, 2.24) is 8.61 Å². The molecular formula is C28H36N4O10S2. The highest BCUT2D eigenvalue weighted by Crippen LogP contribution is 2.33. The Bertz CT molecular complexity index is 1570. The molecule has 0 radical (unpaired) electrons. The smallest absolute Gasteiger partial charge is 0.289 e. The first kappa shape index (κ1) is 34.9. The lowest BCUT2D eigenvalue weighted by atomic mass is 10.1. The van der Waals surface area contributed by atoms with Crippen LogP contribution in [0.1, 0.15) is 33.1 Å². The highest BCUT2D eigenvalue weighted by molar-refractivity contribution is 7.89. The Balaban J connectivity index is 1.99. The van der Waals surface area contributed by atoms with Crippen LogP contribution in [-0.4, -0.2) is 80.0 Å². The zero-order valence-electron chi connectivity index (χ0n) is 24.4. The van der Waals surface area contributed by atoms with Crippen molar-refractivity contribution in [3.63, 3.8) is 0 Å². The van der Waals surface area contributed by atoms with Crippen LogP contribution >= 0.6 is 0 Å². The Morgan fingerprint density at radius 2 is 1.52 bits per heavy atom. The zero-order valence-corrected chi connectivity index (χ0v) is 26.1. The minimum absolute atomic E-state index is 0.0930. The molecule has 14 nitrogen and oxygen atoms in total. The molecule has 0 spiro atoms. The number of hydrogen-bond donors (Lipinski definition) is 0. The number of hydrogen-bond acceptors (Lipinski definition) is 10. The maximum absolute atomic E-state index is 14.1. The summed E-state index contributed by atoms with van der Waals surface area (Å²) in [5, 5.41) is 23.3. The molecule has 0 N–H and O–H groups in total. The third-order valence-corrected chi connectivity index (χ3v) is 10.9. The molecule has 0 bridgehead atoms. The fourth-order valence-corrected chi connectivity index (χ4v) is 8.49. The Kier molecular flexibility index (Phi) is 12.3. The summed E-state index contributed by atoms with van der Waals surface area (Å²) < 4.78 is 68.7. The van der Waals surface area contributed by atoms with Crippen LogP contribution in [0.5, 0.6) is 0 Å². The predicted molar refractivity (Wildman–Crippen MR) is 162 cm³/mol.